The van der Waals surface area contributed by atoms with E-state index in [1.165, 1.54) is 36.4 Å². The van der Waals surface area contributed by atoms with E-state index in [1.54, 1.807) is 0 Å². The van der Waals surface area contributed by atoms with E-state index >= 15 is 0 Å². The number of ether oxygens (including phenoxy) is 1. The largest absolute Gasteiger partial charge is 0.573 e. The van der Waals surface area contributed by atoms with Gasteiger partial charge in [0.15, 0.2) is 0 Å². The summed E-state index contributed by atoms with van der Waals surface area (Å²) in [5.41, 5.74) is 0.531. The molecule has 2 aromatic carbocycles. The van der Waals surface area contributed by atoms with Gasteiger partial charge in [0.25, 0.3) is 17.5 Å². The van der Waals surface area contributed by atoms with Gasteiger partial charge in [0.05, 0.1) is 4.92 Å². The molecular formula is C22H24F3N3O5. The normalized spacial score (nSPS) is 11.0. The van der Waals surface area contributed by atoms with Crippen molar-refractivity contribution >= 4 is 17.5 Å². The van der Waals surface area contributed by atoms with Crippen LogP contribution < -0.4 is 15.4 Å². The van der Waals surface area contributed by atoms with Gasteiger partial charge in [0.2, 0.25) is 0 Å². The third kappa shape index (κ3) is 9.58. The maximum absolute atomic E-state index is 12.1. The highest BCUT2D eigenvalue weighted by molar-refractivity contribution is 5.94. The summed E-state index contributed by atoms with van der Waals surface area (Å²) < 4.78 is 40.2. The molecule has 0 spiro atoms. The molecular weight excluding hydrogens is 443 g/mol. The van der Waals surface area contributed by atoms with Crippen LogP contribution in [-0.2, 0) is 0 Å². The van der Waals surface area contributed by atoms with Crippen molar-refractivity contribution in [1.82, 2.24) is 10.6 Å². The van der Waals surface area contributed by atoms with Gasteiger partial charge in [0, 0.05) is 36.3 Å². The van der Waals surface area contributed by atoms with Crippen LogP contribution >= 0.6 is 0 Å². The summed E-state index contributed by atoms with van der Waals surface area (Å²) in [6.45, 7) is 0.928. The molecule has 0 aromatic heterocycles. The SMILES string of the molecule is O=C(NCCCCCCCNC(=O)c1ccc([N+](=O)[O-])cc1)c1ccc(OC(F)(F)F)cc1. The Morgan fingerprint density at radius 1 is 0.788 bits per heavy atom. The molecule has 0 aliphatic heterocycles. The van der Waals surface area contributed by atoms with Crippen LogP contribution in [0.1, 0.15) is 52.8 Å². The number of amides is 2. The molecule has 0 aliphatic carbocycles. The Kier molecular flexibility index (Phi) is 9.64. The first-order valence-electron chi connectivity index (χ1n) is 10.3. The van der Waals surface area contributed by atoms with Crippen molar-refractivity contribution in [2.24, 2.45) is 0 Å². The summed E-state index contributed by atoms with van der Waals surface area (Å²) >= 11 is 0. The number of nitrogens with one attached hydrogen (secondary N) is 2. The minimum absolute atomic E-state index is 0.0730. The number of nitro groups is 1. The molecule has 33 heavy (non-hydrogen) atoms. The molecule has 0 radical (unpaired) electrons. The first-order valence-corrected chi connectivity index (χ1v) is 10.3. The second-order valence-corrected chi connectivity index (χ2v) is 7.16. The number of halogens is 3. The molecule has 0 unspecified atom stereocenters. The van der Waals surface area contributed by atoms with Crippen molar-refractivity contribution in [3.63, 3.8) is 0 Å². The topological polar surface area (TPSA) is 111 Å². The molecule has 0 saturated carbocycles. The third-order valence-electron chi connectivity index (χ3n) is 4.62. The fourth-order valence-electron chi connectivity index (χ4n) is 2.93. The van der Waals surface area contributed by atoms with E-state index in [0.717, 1.165) is 44.2 Å². The van der Waals surface area contributed by atoms with E-state index < -0.39 is 11.3 Å². The van der Waals surface area contributed by atoms with Crippen molar-refractivity contribution in [3.8, 4) is 5.75 Å². The molecule has 11 heteroatoms. The minimum atomic E-state index is -4.78. The number of benzene rings is 2. The molecule has 8 nitrogen and oxygen atoms in total. The lowest BCUT2D eigenvalue weighted by molar-refractivity contribution is -0.384. The predicted molar refractivity (Wildman–Crippen MR) is 114 cm³/mol. The van der Waals surface area contributed by atoms with Crippen molar-refractivity contribution < 1.29 is 32.4 Å². The summed E-state index contributed by atoms with van der Waals surface area (Å²) in [6, 6.07) is 10.1. The number of non-ortho nitro benzene ring substituents is 1. The van der Waals surface area contributed by atoms with E-state index in [9.17, 15) is 32.9 Å². The third-order valence-corrected chi connectivity index (χ3v) is 4.62. The van der Waals surface area contributed by atoms with Gasteiger partial charge in [-0.2, -0.15) is 0 Å². The average Bonchev–Trinajstić information content (AvgIpc) is 2.77. The van der Waals surface area contributed by atoms with Crippen LogP contribution in [0.25, 0.3) is 0 Å². The molecule has 2 N–H and O–H groups in total. The van der Waals surface area contributed by atoms with Crippen LogP contribution in [0.2, 0.25) is 0 Å². The second-order valence-electron chi connectivity index (χ2n) is 7.16. The number of rotatable bonds is 12. The zero-order valence-corrected chi connectivity index (χ0v) is 17.7. The predicted octanol–water partition coefficient (Wildman–Crippen LogP) is 4.60. The number of carbonyl (C=O) groups excluding carboxylic acids is 2. The Bertz CT molecular complexity index is 932. The van der Waals surface area contributed by atoms with Gasteiger partial charge in [-0.1, -0.05) is 19.3 Å². The summed E-state index contributed by atoms with van der Waals surface area (Å²) in [6.07, 6.45) is -0.590. The van der Waals surface area contributed by atoms with E-state index in [2.05, 4.69) is 15.4 Å². The molecule has 0 saturated heterocycles. The number of nitrogens with zero attached hydrogens (tertiary/aromatic N) is 1. The lowest BCUT2D eigenvalue weighted by Gasteiger charge is -2.09. The maximum Gasteiger partial charge on any atom is 0.573 e. The van der Waals surface area contributed by atoms with Crippen molar-refractivity contribution in [1.29, 1.82) is 0 Å². The highest BCUT2D eigenvalue weighted by Gasteiger charge is 2.31. The molecule has 178 valence electrons. The highest BCUT2D eigenvalue weighted by atomic mass is 19.4. The fraction of sp³-hybridized carbons (Fsp3) is 0.364. The first-order chi connectivity index (χ1) is 15.7. The quantitative estimate of drug-likeness (QED) is 0.269. The monoisotopic (exact) mass is 467 g/mol. The van der Waals surface area contributed by atoms with Gasteiger partial charge in [-0.3, -0.25) is 19.7 Å². The smallest absolute Gasteiger partial charge is 0.406 e. The lowest BCUT2D eigenvalue weighted by Crippen LogP contribution is -2.24. The molecule has 0 fully saturated rings. The van der Waals surface area contributed by atoms with Crippen LogP contribution in [0.4, 0.5) is 18.9 Å². The van der Waals surface area contributed by atoms with Crippen molar-refractivity contribution in [2.45, 2.75) is 38.5 Å². The van der Waals surface area contributed by atoms with Crippen molar-refractivity contribution in [3.05, 3.63) is 69.8 Å². The maximum atomic E-state index is 12.1. The Labute approximate surface area is 188 Å². The van der Waals surface area contributed by atoms with Gasteiger partial charge in [-0.05, 0) is 49.2 Å². The van der Waals surface area contributed by atoms with Gasteiger partial charge in [-0.15, -0.1) is 13.2 Å². The van der Waals surface area contributed by atoms with E-state index in [4.69, 9.17) is 0 Å². The number of hydrogen-bond donors (Lipinski definition) is 2. The fourth-order valence-corrected chi connectivity index (χ4v) is 2.93. The van der Waals surface area contributed by atoms with Gasteiger partial charge in [-0.25, -0.2) is 0 Å². The number of carbonyl (C=O) groups is 2. The summed E-state index contributed by atoms with van der Waals surface area (Å²) in [5, 5.41) is 16.1. The van der Waals surface area contributed by atoms with Crippen LogP contribution in [-0.4, -0.2) is 36.2 Å². The average molecular weight is 467 g/mol. The standard InChI is InChI=1S/C22H24F3N3O5/c23-22(24,25)33-19-12-8-17(9-13-19)21(30)27-15-5-3-1-2-4-14-26-20(29)16-6-10-18(11-7-16)28(31)32/h6-13H,1-5,14-15H2,(H,26,29)(H,27,30). The molecule has 0 bridgehead atoms. The summed E-state index contributed by atoms with van der Waals surface area (Å²) in [7, 11) is 0. The van der Waals surface area contributed by atoms with Crippen molar-refractivity contribution in [2.75, 3.05) is 13.1 Å². The van der Waals surface area contributed by atoms with Crippen LogP contribution in [0, 0.1) is 10.1 Å². The van der Waals surface area contributed by atoms with Gasteiger partial charge >= 0.3 is 6.36 Å². The van der Waals surface area contributed by atoms with Gasteiger partial charge in [0.1, 0.15) is 5.75 Å². The highest BCUT2D eigenvalue weighted by Crippen LogP contribution is 2.22. The van der Waals surface area contributed by atoms with E-state index in [0.29, 0.717) is 18.7 Å². The van der Waals surface area contributed by atoms with Crippen LogP contribution in [0.5, 0.6) is 5.75 Å². The van der Waals surface area contributed by atoms with E-state index in [1.807, 2.05) is 0 Å². The number of alkyl halides is 3. The Hall–Kier alpha value is -3.63. The zero-order valence-electron chi connectivity index (χ0n) is 17.7. The molecule has 2 rings (SSSR count). The summed E-state index contributed by atoms with van der Waals surface area (Å²) in [4.78, 5) is 34.1. The molecule has 2 amide bonds. The van der Waals surface area contributed by atoms with Crippen LogP contribution in [0.15, 0.2) is 48.5 Å². The zero-order chi connectivity index (χ0) is 24.3. The Morgan fingerprint density at radius 2 is 1.21 bits per heavy atom. The van der Waals surface area contributed by atoms with Crippen LogP contribution in [0.3, 0.4) is 0 Å². The number of nitro benzene ring substituents is 1. The van der Waals surface area contributed by atoms with E-state index in [-0.39, 0.29) is 28.8 Å². The number of hydrogen-bond acceptors (Lipinski definition) is 5. The molecule has 0 heterocycles. The minimum Gasteiger partial charge on any atom is -0.406 e. The lowest BCUT2D eigenvalue weighted by atomic mass is 10.1. The van der Waals surface area contributed by atoms with Gasteiger partial charge < -0.3 is 15.4 Å². The first kappa shape index (κ1) is 25.6. The number of unbranched alkanes of at least 4 members (excludes halogenated alkanes) is 4. The summed E-state index contributed by atoms with van der Waals surface area (Å²) in [5.74, 6) is -1.05. The Morgan fingerprint density at radius 3 is 1.64 bits per heavy atom. The second kappa shape index (κ2) is 12.4. The molecule has 0 atom stereocenters. The molecule has 0 aliphatic rings. The molecule has 2 aromatic rings. The Balaban J connectivity index is 1.53.